The normalized spacial score (nSPS) is 16.4. The molecule has 0 spiro atoms. The molecule has 11 nitrogen and oxygen atoms in total. The molecule has 2 N–H and O–H groups in total. The third-order valence-electron chi connectivity index (χ3n) is 7.50. The minimum absolute atomic E-state index is 0.00378. The Hall–Kier alpha value is -4.62. The number of benzene rings is 2. The molecule has 1 aliphatic heterocycles. The molecular weight excluding hydrogens is 706 g/mol. The number of aldehydes is 1. The zero-order valence-corrected chi connectivity index (χ0v) is 29.7. The summed E-state index contributed by atoms with van der Waals surface area (Å²) in [6, 6.07) is 8.63. The van der Waals surface area contributed by atoms with Gasteiger partial charge in [-0.05, 0) is 70.0 Å². The Balaban J connectivity index is 1.66. The third-order valence-corrected chi connectivity index (χ3v) is 8.95. The molecular formula is C35H36BrNO10S. The van der Waals surface area contributed by atoms with E-state index >= 15 is 0 Å². The lowest BCUT2D eigenvalue weighted by Crippen LogP contribution is -2.18. The molecule has 2 aromatic rings. The van der Waals surface area contributed by atoms with E-state index in [1.165, 1.54) is 21.3 Å². The Morgan fingerprint density at radius 1 is 1.02 bits per heavy atom. The van der Waals surface area contributed by atoms with Crippen LogP contribution in [0.3, 0.4) is 0 Å². The number of carbonyl (C=O) groups is 3. The number of amides is 1. The second kappa shape index (κ2) is 16.5. The number of ether oxygens (including phenoxy) is 7. The van der Waals surface area contributed by atoms with E-state index in [0.717, 1.165) is 0 Å². The largest absolute Gasteiger partial charge is 0.496 e. The van der Waals surface area contributed by atoms with Crippen molar-refractivity contribution in [2.45, 2.75) is 20.3 Å². The lowest BCUT2D eigenvalue weighted by Gasteiger charge is -2.20. The molecule has 1 aliphatic carbocycles. The first-order valence-electron chi connectivity index (χ1n) is 14.7. The van der Waals surface area contributed by atoms with Gasteiger partial charge in [0.05, 0.1) is 37.8 Å². The SMILES string of the molecule is COC1=C(OC)C=C(C2=C(OCCOc3ccc(/C(C)=C(/C=O)SC(N)=O)cc3Br)C(=O)Cc3c(OC)cc(OC)cc3O2)C(C)C=C1. The van der Waals surface area contributed by atoms with Gasteiger partial charge in [0.1, 0.15) is 36.2 Å². The monoisotopic (exact) mass is 741 g/mol. The second-order valence-corrected chi connectivity index (χ2v) is 12.3. The van der Waals surface area contributed by atoms with Crippen LogP contribution in [0.4, 0.5) is 4.79 Å². The number of ketones is 1. The number of hydrogen-bond acceptors (Lipinski definition) is 11. The Morgan fingerprint density at radius 3 is 2.38 bits per heavy atom. The summed E-state index contributed by atoms with van der Waals surface area (Å²) in [6.07, 6.45) is 6.03. The van der Waals surface area contributed by atoms with Crippen LogP contribution in [0, 0.1) is 5.92 Å². The zero-order valence-electron chi connectivity index (χ0n) is 27.3. The number of nitrogens with two attached hydrogens (primary N) is 1. The van der Waals surface area contributed by atoms with E-state index in [4.69, 9.17) is 38.9 Å². The summed E-state index contributed by atoms with van der Waals surface area (Å²) in [6.45, 7) is 3.75. The fourth-order valence-corrected chi connectivity index (χ4v) is 6.00. The maximum atomic E-state index is 13.9. The van der Waals surface area contributed by atoms with Gasteiger partial charge in [-0.3, -0.25) is 14.4 Å². The first-order valence-corrected chi connectivity index (χ1v) is 16.3. The van der Waals surface area contributed by atoms with E-state index in [1.54, 1.807) is 56.5 Å². The quantitative estimate of drug-likeness (QED) is 0.134. The van der Waals surface area contributed by atoms with Crippen molar-refractivity contribution < 1.29 is 47.5 Å². The van der Waals surface area contributed by atoms with Gasteiger partial charge in [-0.1, -0.05) is 19.1 Å². The predicted molar refractivity (Wildman–Crippen MR) is 185 cm³/mol. The molecule has 1 atom stereocenters. The standard InChI is InChI=1S/C35H36BrNO10S/c1-19-7-9-28(42-4)31(44-6)17-23(19)33-34(26(39)16-24-29(43-5)14-22(41-3)15-30(24)47-33)46-12-11-45-27-10-8-21(13-25(27)36)20(2)32(18-38)48-35(37)40/h7-10,13-15,17-19H,11-12,16H2,1-6H3,(H2,37,40)/b32-20-. The van der Waals surface area contributed by atoms with E-state index in [-0.39, 0.29) is 47.8 Å². The summed E-state index contributed by atoms with van der Waals surface area (Å²) in [4.78, 5) is 36.9. The van der Waals surface area contributed by atoms with Gasteiger partial charge in [-0.25, -0.2) is 0 Å². The number of methoxy groups -OCH3 is 4. The number of allylic oxidation sites excluding steroid dienone is 7. The van der Waals surface area contributed by atoms with Crippen molar-refractivity contribution in [2.75, 3.05) is 41.7 Å². The highest BCUT2D eigenvalue weighted by Crippen LogP contribution is 2.41. The van der Waals surface area contributed by atoms with Gasteiger partial charge in [0.15, 0.2) is 23.6 Å². The van der Waals surface area contributed by atoms with Gasteiger partial charge in [-0.15, -0.1) is 0 Å². The Labute approximate surface area is 291 Å². The number of halogens is 1. The van der Waals surface area contributed by atoms with Crippen LogP contribution in [0.25, 0.3) is 5.57 Å². The molecule has 0 saturated carbocycles. The third kappa shape index (κ3) is 8.26. The molecule has 4 rings (SSSR count). The first-order chi connectivity index (χ1) is 23.0. The van der Waals surface area contributed by atoms with Crippen LogP contribution >= 0.6 is 27.7 Å². The van der Waals surface area contributed by atoms with Gasteiger partial charge in [0.25, 0.3) is 5.24 Å². The topological polar surface area (TPSA) is 142 Å². The number of fused-ring (bicyclic) bond motifs is 1. The molecule has 0 bridgehead atoms. The van der Waals surface area contributed by atoms with Crippen molar-refractivity contribution >= 4 is 50.6 Å². The Bertz CT molecular complexity index is 1760. The number of thioether (sulfide) groups is 1. The summed E-state index contributed by atoms with van der Waals surface area (Å²) in [5, 5.41) is -0.675. The molecule has 48 heavy (non-hydrogen) atoms. The molecule has 2 aliphatic rings. The van der Waals surface area contributed by atoms with Gasteiger partial charge < -0.3 is 38.9 Å². The van der Waals surface area contributed by atoms with Crippen LogP contribution in [0.1, 0.15) is 25.0 Å². The number of Topliss-reactive ketones (excluding diaryl/α,β-unsaturated/α-hetero) is 1. The summed E-state index contributed by atoms with van der Waals surface area (Å²) in [5.74, 6) is 2.45. The highest BCUT2D eigenvalue weighted by atomic mass is 79.9. The molecule has 0 fully saturated rings. The van der Waals surface area contributed by atoms with Crippen molar-refractivity contribution in [1.82, 2.24) is 0 Å². The van der Waals surface area contributed by atoms with Crippen molar-refractivity contribution in [1.29, 1.82) is 0 Å². The maximum absolute atomic E-state index is 13.9. The predicted octanol–water partition coefficient (Wildman–Crippen LogP) is 6.66. The van der Waals surface area contributed by atoms with E-state index in [0.29, 0.717) is 79.3 Å². The molecule has 0 saturated heterocycles. The molecule has 1 unspecified atom stereocenters. The lowest BCUT2D eigenvalue weighted by atomic mass is 9.97. The smallest absolute Gasteiger partial charge is 0.281 e. The minimum atomic E-state index is -0.675. The number of primary amides is 1. The fraction of sp³-hybridized carbons (Fsp3) is 0.286. The molecule has 0 aromatic heterocycles. The summed E-state index contributed by atoms with van der Waals surface area (Å²) < 4.78 is 41.4. The van der Waals surface area contributed by atoms with Crippen LogP contribution in [0.5, 0.6) is 23.0 Å². The van der Waals surface area contributed by atoms with Crippen LogP contribution in [-0.2, 0) is 30.2 Å². The Kier molecular flexibility index (Phi) is 12.4. The molecule has 2 aromatic carbocycles. The highest BCUT2D eigenvalue weighted by Gasteiger charge is 2.33. The van der Waals surface area contributed by atoms with E-state index in [2.05, 4.69) is 15.9 Å². The van der Waals surface area contributed by atoms with Crippen molar-refractivity contribution in [3.63, 3.8) is 0 Å². The number of carbonyl (C=O) groups excluding carboxylic acids is 3. The van der Waals surface area contributed by atoms with Crippen molar-refractivity contribution in [2.24, 2.45) is 11.7 Å². The summed E-state index contributed by atoms with van der Waals surface area (Å²) >= 11 is 4.17. The van der Waals surface area contributed by atoms with E-state index in [1.807, 2.05) is 13.0 Å². The molecule has 1 amide bonds. The first kappa shape index (κ1) is 36.2. The van der Waals surface area contributed by atoms with Crippen LogP contribution < -0.4 is 24.7 Å². The van der Waals surface area contributed by atoms with E-state index < -0.39 is 5.24 Å². The van der Waals surface area contributed by atoms with Crippen LogP contribution in [0.2, 0.25) is 0 Å². The molecule has 13 heteroatoms. The summed E-state index contributed by atoms with van der Waals surface area (Å²) in [7, 11) is 6.13. The number of hydrogen-bond donors (Lipinski definition) is 1. The zero-order chi connectivity index (χ0) is 35.0. The molecule has 1 heterocycles. The average Bonchev–Trinajstić information content (AvgIpc) is 3.33. The number of rotatable bonds is 13. The minimum Gasteiger partial charge on any atom is -0.496 e. The van der Waals surface area contributed by atoms with Gasteiger partial charge >= 0.3 is 0 Å². The Morgan fingerprint density at radius 2 is 1.75 bits per heavy atom. The second-order valence-electron chi connectivity index (χ2n) is 10.4. The van der Waals surface area contributed by atoms with Gasteiger partial charge in [-0.2, -0.15) is 0 Å². The molecule has 254 valence electrons. The van der Waals surface area contributed by atoms with Crippen LogP contribution in [0.15, 0.2) is 86.5 Å². The average molecular weight is 743 g/mol. The molecule has 0 radical (unpaired) electrons. The lowest BCUT2D eigenvalue weighted by molar-refractivity contribution is -0.118. The van der Waals surface area contributed by atoms with E-state index in [9.17, 15) is 14.4 Å². The highest BCUT2D eigenvalue weighted by molar-refractivity contribution is 9.10. The van der Waals surface area contributed by atoms with Crippen LogP contribution in [-0.4, -0.2) is 59.0 Å². The fourth-order valence-electron chi connectivity index (χ4n) is 4.97. The van der Waals surface area contributed by atoms with Gasteiger partial charge in [0.2, 0.25) is 11.5 Å². The van der Waals surface area contributed by atoms with Crippen molar-refractivity contribution in [3.05, 3.63) is 97.7 Å². The van der Waals surface area contributed by atoms with Gasteiger partial charge in [0, 0.05) is 35.6 Å². The van der Waals surface area contributed by atoms with Crippen molar-refractivity contribution in [3.8, 4) is 23.0 Å². The maximum Gasteiger partial charge on any atom is 0.281 e. The summed E-state index contributed by atoms with van der Waals surface area (Å²) in [5.41, 5.74) is 7.71.